The Balaban J connectivity index is 1.67. The molecule has 1 fully saturated rings. The van der Waals surface area contributed by atoms with Gasteiger partial charge in [-0.1, -0.05) is 35.9 Å². The van der Waals surface area contributed by atoms with E-state index in [1.165, 1.54) is 18.4 Å². The van der Waals surface area contributed by atoms with Crippen molar-refractivity contribution in [2.45, 2.75) is 18.8 Å². The summed E-state index contributed by atoms with van der Waals surface area (Å²) in [7, 11) is 2.17. The highest BCUT2D eigenvalue weighted by Crippen LogP contribution is 2.34. The van der Waals surface area contributed by atoms with Crippen LogP contribution in [0.25, 0.3) is 22.0 Å². The Morgan fingerprint density at radius 3 is 2.58 bits per heavy atom. The molecule has 0 amide bonds. The van der Waals surface area contributed by atoms with Gasteiger partial charge in [0, 0.05) is 10.9 Å². The van der Waals surface area contributed by atoms with Gasteiger partial charge in [-0.2, -0.15) is 5.10 Å². The molecule has 2 N–H and O–H groups in total. The smallest absolute Gasteiger partial charge is 0.357 e. The van der Waals surface area contributed by atoms with E-state index in [1.807, 2.05) is 0 Å². The van der Waals surface area contributed by atoms with Gasteiger partial charge in [0.1, 0.15) is 0 Å². The van der Waals surface area contributed by atoms with Gasteiger partial charge in [-0.3, -0.25) is 5.10 Å². The third-order valence-electron chi connectivity index (χ3n) is 5.26. The average Bonchev–Trinajstić information content (AvgIpc) is 3.05. The molecule has 4 rings (SSSR count). The lowest BCUT2D eigenvalue weighted by Crippen LogP contribution is -2.29. The standard InChI is InChI=1S/C20H20ClN3O2/c1-24-8-6-13(7-9-24)12-2-4-14(5-3-12)15-10-16-18(11-17(15)21)22-23-19(16)20(25)26/h2-5,10-11,13H,6-9H2,1H3,(H,22,23)(H,25,26). The molecule has 1 saturated heterocycles. The summed E-state index contributed by atoms with van der Waals surface area (Å²) in [4.78, 5) is 13.7. The van der Waals surface area contributed by atoms with Crippen LogP contribution in [0.1, 0.15) is 34.8 Å². The van der Waals surface area contributed by atoms with Gasteiger partial charge in [-0.15, -0.1) is 0 Å². The summed E-state index contributed by atoms with van der Waals surface area (Å²) < 4.78 is 0. The fourth-order valence-corrected chi connectivity index (χ4v) is 3.97. The Labute approximate surface area is 156 Å². The van der Waals surface area contributed by atoms with Crippen molar-refractivity contribution in [3.63, 3.8) is 0 Å². The van der Waals surface area contributed by atoms with Crippen LogP contribution in [0.4, 0.5) is 0 Å². The number of rotatable bonds is 3. The molecular weight excluding hydrogens is 350 g/mol. The highest BCUT2D eigenvalue weighted by Gasteiger charge is 2.19. The van der Waals surface area contributed by atoms with E-state index >= 15 is 0 Å². The Hall–Kier alpha value is -2.37. The van der Waals surface area contributed by atoms with Crippen molar-refractivity contribution in [1.29, 1.82) is 0 Å². The molecule has 134 valence electrons. The van der Waals surface area contributed by atoms with Gasteiger partial charge in [0.25, 0.3) is 0 Å². The van der Waals surface area contributed by atoms with E-state index in [0.29, 0.717) is 21.8 Å². The van der Waals surface area contributed by atoms with Crippen LogP contribution in [-0.4, -0.2) is 46.3 Å². The predicted octanol–water partition coefficient (Wildman–Crippen LogP) is 4.39. The third-order valence-corrected chi connectivity index (χ3v) is 5.58. The number of aromatic carboxylic acids is 1. The minimum Gasteiger partial charge on any atom is -0.476 e. The first-order chi connectivity index (χ1) is 12.5. The van der Waals surface area contributed by atoms with Gasteiger partial charge in [0.2, 0.25) is 0 Å². The van der Waals surface area contributed by atoms with Crippen molar-refractivity contribution in [2.75, 3.05) is 20.1 Å². The van der Waals surface area contributed by atoms with Crippen molar-refractivity contribution >= 4 is 28.5 Å². The molecule has 0 spiro atoms. The maximum atomic E-state index is 11.3. The molecule has 0 unspecified atom stereocenters. The topological polar surface area (TPSA) is 69.2 Å². The van der Waals surface area contributed by atoms with E-state index in [0.717, 1.165) is 24.2 Å². The number of fused-ring (bicyclic) bond motifs is 1. The molecular formula is C20H20ClN3O2. The number of carbonyl (C=O) groups is 1. The molecule has 2 aromatic carbocycles. The van der Waals surface area contributed by atoms with Crippen LogP contribution in [0, 0.1) is 0 Å². The van der Waals surface area contributed by atoms with Crippen LogP contribution in [-0.2, 0) is 0 Å². The summed E-state index contributed by atoms with van der Waals surface area (Å²) in [5, 5.41) is 17.0. The first-order valence-electron chi connectivity index (χ1n) is 8.72. The number of nitrogens with zero attached hydrogens (tertiary/aromatic N) is 2. The largest absolute Gasteiger partial charge is 0.476 e. The Morgan fingerprint density at radius 2 is 1.92 bits per heavy atom. The van der Waals surface area contributed by atoms with Crippen molar-refractivity contribution < 1.29 is 9.90 Å². The highest BCUT2D eigenvalue weighted by molar-refractivity contribution is 6.34. The normalized spacial score (nSPS) is 16.2. The minimum atomic E-state index is -1.05. The molecule has 0 bridgehead atoms. The second kappa shape index (κ2) is 6.74. The number of benzene rings is 2. The number of nitrogens with one attached hydrogen (secondary N) is 1. The summed E-state index contributed by atoms with van der Waals surface area (Å²) in [6.07, 6.45) is 2.36. The molecule has 0 saturated carbocycles. The van der Waals surface area contributed by atoms with E-state index in [9.17, 15) is 9.90 Å². The van der Waals surface area contributed by atoms with Gasteiger partial charge in [0.15, 0.2) is 5.69 Å². The van der Waals surface area contributed by atoms with Crippen LogP contribution in [0.5, 0.6) is 0 Å². The molecule has 1 aromatic heterocycles. The fraction of sp³-hybridized carbons (Fsp3) is 0.300. The SMILES string of the molecule is CN1CCC(c2ccc(-c3cc4c(C(=O)O)n[nH]c4cc3Cl)cc2)CC1. The van der Waals surface area contributed by atoms with Crippen LogP contribution in [0.2, 0.25) is 5.02 Å². The number of halogens is 1. The first kappa shape index (κ1) is 17.1. The highest BCUT2D eigenvalue weighted by atomic mass is 35.5. The zero-order chi connectivity index (χ0) is 18.3. The van der Waals surface area contributed by atoms with Gasteiger partial charge < -0.3 is 10.0 Å². The van der Waals surface area contributed by atoms with Gasteiger partial charge in [0.05, 0.1) is 10.5 Å². The number of H-pyrrole nitrogens is 1. The number of carboxylic acid groups (broad SMARTS) is 1. The van der Waals surface area contributed by atoms with Crippen molar-refractivity contribution in [1.82, 2.24) is 15.1 Å². The van der Waals surface area contributed by atoms with E-state index < -0.39 is 5.97 Å². The zero-order valence-corrected chi connectivity index (χ0v) is 15.3. The number of carboxylic acids is 1. The number of hydrogen-bond donors (Lipinski definition) is 2. The van der Waals surface area contributed by atoms with Crippen LogP contribution in [0.15, 0.2) is 36.4 Å². The number of piperidine rings is 1. The van der Waals surface area contributed by atoms with E-state index in [2.05, 4.69) is 46.4 Å². The first-order valence-corrected chi connectivity index (χ1v) is 9.10. The lowest BCUT2D eigenvalue weighted by atomic mass is 9.88. The molecule has 3 aromatic rings. The van der Waals surface area contributed by atoms with Crippen LogP contribution in [0.3, 0.4) is 0 Å². The number of hydrogen-bond acceptors (Lipinski definition) is 3. The number of likely N-dealkylation sites (tertiary alicyclic amines) is 1. The average molecular weight is 370 g/mol. The third kappa shape index (κ3) is 3.08. The molecule has 26 heavy (non-hydrogen) atoms. The molecule has 2 heterocycles. The molecule has 0 atom stereocenters. The van der Waals surface area contributed by atoms with Gasteiger partial charge >= 0.3 is 5.97 Å². The monoisotopic (exact) mass is 369 g/mol. The van der Waals surface area contributed by atoms with E-state index in [1.54, 1.807) is 12.1 Å². The summed E-state index contributed by atoms with van der Waals surface area (Å²) >= 11 is 6.43. The van der Waals surface area contributed by atoms with Crippen molar-refractivity contribution in [3.8, 4) is 11.1 Å². The maximum absolute atomic E-state index is 11.3. The summed E-state index contributed by atoms with van der Waals surface area (Å²) in [6, 6.07) is 12.0. The van der Waals surface area contributed by atoms with Crippen molar-refractivity contribution in [3.05, 3.63) is 52.7 Å². The second-order valence-corrected chi connectivity index (χ2v) is 7.36. The van der Waals surface area contributed by atoms with Gasteiger partial charge in [-0.25, -0.2) is 4.79 Å². The minimum absolute atomic E-state index is 0.0147. The Bertz CT molecular complexity index is 957. The number of aromatic amines is 1. The summed E-state index contributed by atoms with van der Waals surface area (Å²) in [5.74, 6) is -0.451. The van der Waals surface area contributed by atoms with E-state index in [-0.39, 0.29) is 5.69 Å². The Kier molecular flexibility index (Phi) is 4.42. The van der Waals surface area contributed by atoms with E-state index in [4.69, 9.17) is 11.6 Å². The summed E-state index contributed by atoms with van der Waals surface area (Å²) in [5.41, 5.74) is 3.79. The predicted molar refractivity (Wildman–Crippen MR) is 103 cm³/mol. The second-order valence-electron chi connectivity index (χ2n) is 6.95. The van der Waals surface area contributed by atoms with Crippen LogP contribution < -0.4 is 0 Å². The number of aromatic nitrogens is 2. The molecule has 1 aliphatic rings. The van der Waals surface area contributed by atoms with Gasteiger partial charge in [-0.05, 0) is 62.2 Å². The van der Waals surface area contributed by atoms with Crippen molar-refractivity contribution in [2.24, 2.45) is 0 Å². The van der Waals surface area contributed by atoms with Crippen LogP contribution >= 0.6 is 11.6 Å². The quantitative estimate of drug-likeness (QED) is 0.718. The maximum Gasteiger partial charge on any atom is 0.357 e. The zero-order valence-electron chi connectivity index (χ0n) is 14.5. The summed E-state index contributed by atoms with van der Waals surface area (Å²) in [6.45, 7) is 2.26. The lowest BCUT2D eigenvalue weighted by molar-refractivity contribution is 0.0692. The molecule has 6 heteroatoms. The molecule has 5 nitrogen and oxygen atoms in total. The fourth-order valence-electron chi connectivity index (χ4n) is 3.70. The molecule has 0 aliphatic carbocycles. The Morgan fingerprint density at radius 1 is 1.23 bits per heavy atom. The lowest BCUT2D eigenvalue weighted by Gasteiger charge is -2.29. The molecule has 1 aliphatic heterocycles. The molecule has 0 radical (unpaired) electrons.